The number of hydrogen-bond acceptors (Lipinski definition) is 3. The molecule has 6 heteroatoms. The van der Waals surface area contributed by atoms with Crippen molar-refractivity contribution in [3.8, 4) is 0 Å². The molecule has 5 nitrogen and oxygen atoms in total. The van der Waals surface area contributed by atoms with Crippen LogP contribution in [0.25, 0.3) is 0 Å². The summed E-state index contributed by atoms with van der Waals surface area (Å²) < 4.78 is 0.814. The Balaban J connectivity index is 2.25. The molecule has 1 saturated heterocycles. The molecule has 2 amide bonds. The topological polar surface area (TPSA) is 83.6 Å². The van der Waals surface area contributed by atoms with Crippen LogP contribution in [0.3, 0.4) is 0 Å². The summed E-state index contributed by atoms with van der Waals surface area (Å²) in [6.45, 7) is 2.32. The molecule has 0 aliphatic carbocycles. The van der Waals surface area contributed by atoms with Gasteiger partial charge in [-0.15, -0.1) is 0 Å². The van der Waals surface area contributed by atoms with Crippen LogP contribution < -0.4 is 5.73 Å². The van der Waals surface area contributed by atoms with Gasteiger partial charge in [0.15, 0.2) is 5.60 Å². The van der Waals surface area contributed by atoms with E-state index in [0.29, 0.717) is 24.9 Å². The van der Waals surface area contributed by atoms with Crippen molar-refractivity contribution in [2.75, 3.05) is 13.1 Å². The number of likely N-dealkylation sites (tertiary alicyclic amines) is 1. The van der Waals surface area contributed by atoms with E-state index in [1.165, 1.54) is 4.90 Å². The number of benzene rings is 1. The minimum Gasteiger partial charge on any atom is -0.378 e. The molecule has 2 rings (SSSR count). The Kier molecular flexibility index (Phi) is 4.15. The number of halogens is 1. The maximum Gasteiger partial charge on any atom is 0.254 e. The van der Waals surface area contributed by atoms with Gasteiger partial charge >= 0.3 is 0 Å². The Morgan fingerprint density at radius 3 is 2.80 bits per heavy atom. The number of rotatable bonds is 2. The smallest absolute Gasteiger partial charge is 0.254 e. The van der Waals surface area contributed by atoms with E-state index in [0.717, 1.165) is 10.0 Å². The van der Waals surface area contributed by atoms with Crippen LogP contribution in [0.5, 0.6) is 0 Å². The van der Waals surface area contributed by atoms with Crippen molar-refractivity contribution in [1.29, 1.82) is 0 Å². The van der Waals surface area contributed by atoms with Gasteiger partial charge in [-0.1, -0.05) is 22.0 Å². The average molecular weight is 341 g/mol. The van der Waals surface area contributed by atoms with Crippen molar-refractivity contribution in [1.82, 2.24) is 4.90 Å². The Bertz CT molecular complexity index is 561. The van der Waals surface area contributed by atoms with Crippen molar-refractivity contribution >= 4 is 27.7 Å². The van der Waals surface area contributed by atoms with E-state index in [4.69, 9.17) is 5.73 Å². The fourth-order valence-corrected chi connectivity index (χ4v) is 2.77. The van der Waals surface area contributed by atoms with Gasteiger partial charge in [0.05, 0.1) is 6.54 Å². The molecule has 1 aliphatic rings. The summed E-state index contributed by atoms with van der Waals surface area (Å²) in [7, 11) is 0. The molecule has 1 aliphatic heterocycles. The maximum absolute atomic E-state index is 12.5. The summed E-state index contributed by atoms with van der Waals surface area (Å²) in [5, 5.41) is 10.2. The number of aryl methyl sites for hydroxylation is 1. The summed E-state index contributed by atoms with van der Waals surface area (Å²) in [4.78, 5) is 25.3. The molecule has 1 aromatic carbocycles. The molecule has 0 bridgehead atoms. The number of nitrogens with zero attached hydrogens (tertiary/aromatic N) is 1. The Hall–Kier alpha value is -1.40. The first-order chi connectivity index (χ1) is 9.33. The van der Waals surface area contributed by atoms with Gasteiger partial charge in [0.25, 0.3) is 11.8 Å². The van der Waals surface area contributed by atoms with Gasteiger partial charge < -0.3 is 15.7 Å². The lowest BCUT2D eigenvalue weighted by molar-refractivity contribution is -0.140. The number of aliphatic hydroxyl groups is 1. The van der Waals surface area contributed by atoms with E-state index < -0.39 is 11.5 Å². The summed E-state index contributed by atoms with van der Waals surface area (Å²) >= 11 is 3.34. The molecular formula is C14H17BrN2O3. The predicted octanol–water partition coefficient (Wildman–Crippen LogP) is 1.21. The molecule has 108 valence electrons. The number of hydrogen-bond donors (Lipinski definition) is 2. The Morgan fingerprint density at radius 2 is 2.15 bits per heavy atom. The van der Waals surface area contributed by atoms with E-state index in [1.807, 2.05) is 19.1 Å². The standard InChI is InChI=1S/C14H17BrN2O3/c1-9-3-4-10(15)7-11(9)12(18)17-6-2-5-14(20,8-17)13(16)19/h3-4,7,20H,2,5-6,8H2,1H3,(H2,16,19)/t14-/m0/s1. The Morgan fingerprint density at radius 1 is 1.45 bits per heavy atom. The molecule has 20 heavy (non-hydrogen) atoms. The van der Waals surface area contributed by atoms with Crippen LogP contribution in [-0.4, -0.2) is 40.5 Å². The second kappa shape index (κ2) is 5.54. The van der Waals surface area contributed by atoms with Crippen LogP contribution in [0, 0.1) is 6.92 Å². The molecule has 0 spiro atoms. The minimum absolute atomic E-state index is 0.0485. The zero-order valence-electron chi connectivity index (χ0n) is 11.2. The van der Waals surface area contributed by atoms with Gasteiger partial charge in [0.1, 0.15) is 0 Å². The highest BCUT2D eigenvalue weighted by atomic mass is 79.9. The van der Waals surface area contributed by atoms with Crippen LogP contribution in [-0.2, 0) is 4.79 Å². The normalized spacial score (nSPS) is 22.6. The first kappa shape index (κ1) is 15.0. The van der Waals surface area contributed by atoms with Crippen molar-refractivity contribution < 1.29 is 14.7 Å². The fraction of sp³-hybridized carbons (Fsp3) is 0.429. The lowest BCUT2D eigenvalue weighted by atomic mass is 9.91. The van der Waals surface area contributed by atoms with Gasteiger partial charge in [0, 0.05) is 16.6 Å². The lowest BCUT2D eigenvalue weighted by Gasteiger charge is -2.37. The number of carbonyl (C=O) groups excluding carboxylic acids is 2. The van der Waals surface area contributed by atoms with E-state index in [1.54, 1.807) is 6.07 Å². The average Bonchev–Trinajstić information content (AvgIpc) is 2.40. The number of nitrogens with two attached hydrogens (primary N) is 1. The van der Waals surface area contributed by atoms with Crippen molar-refractivity contribution in [3.05, 3.63) is 33.8 Å². The van der Waals surface area contributed by atoms with E-state index in [-0.39, 0.29) is 12.5 Å². The largest absolute Gasteiger partial charge is 0.378 e. The second-order valence-electron chi connectivity index (χ2n) is 5.19. The van der Waals surface area contributed by atoms with E-state index in [9.17, 15) is 14.7 Å². The number of carbonyl (C=O) groups is 2. The number of piperidine rings is 1. The van der Waals surface area contributed by atoms with Gasteiger partial charge in [-0.25, -0.2) is 0 Å². The first-order valence-corrected chi connectivity index (χ1v) is 7.20. The number of β-amino-alcohol motifs (C(OH)–C–C–N with tert-alkyl or cyclic N) is 1. The van der Waals surface area contributed by atoms with Crippen LogP contribution in [0.15, 0.2) is 22.7 Å². The zero-order valence-corrected chi connectivity index (χ0v) is 12.8. The molecule has 3 N–H and O–H groups in total. The van der Waals surface area contributed by atoms with Crippen molar-refractivity contribution in [2.45, 2.75) is 25.4 Å². The van der Waals surface area contributed by atoms with Crippen LogP contribution in [0.2, 0.25) is 0 Å². The summed E-state index contributed by atoms with van der Waals surface area (Å²) in [5.74, 6) is -0.968. The molecule has 0 saturated carbocycles. The summed E-state index contributed by atoms with van der Waals surface area (Å²) in [6.07, 6.45) is 0.849. The summed E-state index contributed by atoms with van der Waals surface area (Å²) in [5.41, 5.74) is 5.02. The Labute approximate surface area is 125 Å². The maximum atomic E-state index is 12.5. The fourth-order valence-electron chi connectivity index (χ4n) is 2.41. The van der Waals surface area contributed by atoms with Gasteiger partial charge in [-0.2, -0.15) is 0 Å². The highest BCUT2D eigenvalue weighted by Gasteiger charge is 2.40. The monoisotopic (exact) mass is 340 g/mol. The third-order valence-electron chi connectivity index (χ3n) is 3.65. The van der Waals surface area contributed by atoms with Crippen LogP contribution in [0.1, 0.15) is 28.8 Å². The molecule has 0 radical (unpaired) electrons. The van der Waals surface area contributed by atoms with Crippen molar-refractivity contribution in [3.63, 3.8) is 0 Å². The lowest BCUT2D eigenvalue weighted by Crippen LogP contribution is -2.57. The number of primary amides is 1. The predicted molar refractivity (Wildman–Crippen MR) is 78.2 cm³/mol. The third kappa shape index (κ3) is 2.86. The molecule has 1 fully saturated rings. The van der Waals surface area contributed by atoms with E-state index in [2.05, 4.69) is 15.9 Å². The SMILES string of the molecule is Cc1ccc(Br)cc1C(=O)N1CCC[C@@](O)(C(N)=O)C1. The second-order valence-corrected chi connectivity index (χ2v) is 6.10. The summed E-state index contributed by atoms with van der Waals surface area (Å²) in [6, 6.07) is 5.46. The van der Waals surface area contributed by atoms with Crippen LogP contribution in [0.4, 0.5) is 0 Å². The van der Waals surface area contributed by atoms with Crippen molar-refractivity contribution in [2.24, 2.45) is 5.73 Å². The first-order valence-electron chi connectivity index (χ1n) is 6.41. The molecule has 0 unspecified atom stereocenters. The minimum atomic E-state index is -1.62. The molecule has 1 heterocycles. The highest BCUT2D eigenvalue weighted by molar-refractivity contribution is 9.10. The third-order valence-corrected chi connectivity index (χ3v) is 4.14. The van der Waals surface area contributed by atoms with Gasteiger partial charge in [-0.05, 0) is 37.5 Å². The molecule has 0 aromatic heterocycles. The molecule has 1 atom stereocenters. The van der Waals surface area contributed by atoms with Crippen LogP contribution >= 0.6 is 15.9 Å². The molecular weight excluding hydrogens is 324 g/mol. The van der Waals surface area contributed by atoms with Gasteiger partial charge in [-0.3, -0.25) is 9.59 Å². The van der Waals surface area contributed by atoms with E-state index >= 15 is 0 Å². The quantitative estimate of drug-likeness (QED) is 0.848. The highest BCUT2D eigenvalue weighted by Crippen LogP contribution is 2.24. The molecule has 1 aromatic rings. The van der Waals surface area contributed by atoms with Gasteiger partial charge in [0.2, 0.25) is 0 Å². The zero-order chi connectivity index (χ0) is 14.9. The number of amides is 2.